The molecule has 1 N–H and O–H groups in total. The van der Waals surface area contributed by atoms with Crippen molar-refractivity contribution < 1.29 is 0 Å². The Bertz CT molecular complexity index is 573. The summed E-state index contributed by atoms with van der Waals surface area (Å²) in [6.07, 6.45) is 5.89. The molecule has 0 amide bonds. The molecular formula is C15H22N4. The maximum atomic E-state index is 4.82. The lowest BCUT2D eigenvalue weighted by molar-refractivity contribution is 0.307. The lowest BCUT2D eigenvalue weighted by atomic mass is 9.95. The van der Waals surface area contributed by atoms with Crippen molar-refractivity contribution in [2.45, 2.75) is 51.6 Å². The van der Waals surface area contributed by atoms with Crippen LogP contribution in [0.2, 0.25) is 0 Å². The van der Waals surface area contributed by atoms with E-state index in [1.54, 1.807) is 0 Å². The summed E-state index contributed by atoms with van der Waals surface area (Å²) in [5.41, 5.74) is 2.03. The fraction of sp³-hybridized carbons (Fsp3) is 0.600. The topological polar surface area (TPSA) is 42.7 Å². The molecule has 0 aliphatic carbocycles. The van der Waals surface area contributed by atoms with Gasteiger partial charge in [0.1, 0.15) is 11.3 Å². The fourth-order valence-electron chi connectivity index (χ4n) is 2.81. The van der Waals surface area contributed by atoms with Crippen molar-refractivity contribution in [3.8, 4) is 0 Å². The normalized spacial score (nSPS) is 20.9. The molecule has 1 saturated heterocycles. The van der Waals surface area contributed by atoms with E-state index in [0.717, 1.165) is 30.0 Å². The van der Waals surface area contributed by atoms with Crippen LogP contribution in [-0.2, 0) is 5.41 Å². The second-order valence-electron chi connectivity index (χ2n) is 6.37. The van der Waals surface area contributed by atoms with Crippen LogP contribution in [-0.4, -0.2) is 21.1 Å². The molecule has 3 heterocycles. The van der Waals surface area contributed by atoms with Gasteiger partial charge in [-0.05, 0) is 37.9 Å². The predicted molar refractivity (Wildman–Crippen MR) is 77.1 cm³/mol. The van der Waals surface area contributed by atoms with Gasteiger partial charge in [-0.1, -0.05) is 20.8 Å². The van der Waals surface area contributed by atoms with E-state index in [4.69, 9.17) is 4.98 Å². The summed E-state index contributed by atoms with van der Waals surface area (Å²) in [4.78, 5) is 9.37. The van der Waals surface area contributed by atoms with Crippen LogP contribution in [0.25, 0.3) is 11.2 Å². The van der Waals surface area contributed by atoms with Crippen molar-refractivity contribution in [3.05, 3.63) is 24.2 Å². The van der Waals surface area contributed by atoms with Crippen molar-refractivity contribution in [2.75, 3.05) is 6.54 Å². The number of nitrogens with one attached hydrogen (secondary N) is 1. The van der Waals surface area contributed by atoms with Crippen LogP contribution in [0.5, 0.6) is 0 Å². The molecule has 19 heavy (non-hydrogen) atoms. The fourth-order valence-corrected chi connectivity index (χ4v) is 2.81. The lowest BCUT2D eigenvalue weighted by Gasteiger charge is -2.29. The molecule has 3 rings (SSSR count). The Kier molecular flexibility index (Phi) is 3.05. The molecule has 4 heteroatoms. The first-order chi connectivity index (χ1) is 9.07. The molecule has 1 unspecified atom stereocenters. The Balaban J connectivity index is 2.18. The van der Waals surface area contributed by atoms with E-state index in [0.29, 0.717) is 6.17 Å². The molecule has 1 atom stereocenters. The summed E-state index contributed by atoms with van der Waals surface area (Å²) in [5.74, 6) is 1.13. The number of pyridine rings is 1. The average molecular weight is 258 g/mol. The molecule has 102 valence electrons. The maximum absolute atomic E-state index is 4.82. The Morgan fingerprint density at radius 2 is 2.16 bits per heavy atom. The zero-order valence-electron chi connectivity index (χ0n) is 12.0. The van der Waals surface area contributed by atoms with Gasteiger partial charge in [-0.25, -0.2) is 9.97 Å². The molecule has 0 radical (unpaired) electrons. The third-order valence-corrected chi connectivity index (χ3v) is 3.72. The van der Waals surface area contributed by atoms with Crippen LogP contribution in [0.3, 0.4) is 0 Å². The SMILES string of the molecule is CC(C)(C)c1nc2cccnc2n1C1CCCCN1. The second-order valence-corrected chi connectivity index (χ2v) is 6.37. The standard InChI is InChI=1S/C15H22N4/c1-15(2,3)14-18-11-7-6-10-17-13(11)19(14)12-8-4-5-9-16-12/h6-7,10,12,16H,4-5,8-9H2,1-3H3. The number of hydrogen-bond acceptors (Lipinski definition) is 3. The Hall–Kier alpha value is -1.42. The molecule has 2 aromatic rings. The first-order valence-electron chi connectivity index (χ1n) is 7.14. The van der Waals surface area contributed by atoms with Crippen LogP contribution in [0.15, 0.2) is 18.3 Å². The van der Waals surface area contributed by atoms with Crippen molar-refractivity contribution >= 4 is 11.2 Å². The lowest BCUT2D eigenvalue weighted by Crippen LogP contribution is -2.34. The Morgan fingerprint density at radius 1 is 1.32 bits per heavy atom. The van der Waals surface area contributed by atoms with E-state index in [1.165, 1.54) is 12.8 Å². The van der Waals surface area contributed by atoms with E-state index in [1.807, 2.05) is 12.3 Å². The van der Waals surface area contributed by atoms with Gasteiger partial charge in [-0.3, -0.25) is 9.88 Å². The van der Waals surface area contributed by atoms with Gasteiger partial charge in [0.15, 0.2) is 5.65 Å². The summed E-state index contributed by atoms with van der Waals surface area (Å²) in [6.45, 7) is 7.73. The summed E-state index contributed by atoms with van der Waals surface area (Å²) in [7, 11) is 0. The van der Waals surface area contributed by atoms with Gasteiger partial charge >= 0.3 is 0 Å². The number of aromatic nitrogens is 3. The third kappa shape index (κ3) is 2.25. The molecule has 1 aliphatic rings. The molecule has 2 aromatic heterocycles. The van der Waals surface area contributed by atoms with Crippen molar-refractivity contribution in [1.29, 1.82) is 0 Å². The van der Waals surface area contributed by atoms with Crippen LogP contribution < -0.4 is 5.32 Å². The zero-order chi connectivity index (χ0) is 13.5. The minimum Gasteiger partial charge on any atom is -0.297 e. The number of fused-ring (bicyclic) bond motifs is 1. The summed E-state index contributed by atoms with van der Waals surface area (Å²) in [5, 5.41) is 3.61. The minimum absolute atomic E-state index is 0.0276. The summed E-state index contributed by atoms with van der Waals surface area (Å²) in [6, 6.07) is 4.01. The number of hydrogen-bond donors (Lipinski definition) is 1. The first kappa shape index (κ1) is 12.6. The number of piperidine rings is 1. The number of rotatable bonds is 1. The third-order valence-electron chi connectivity index (χ3n) is 3.72. The zero-order valence-corrected chi connectivity index (χ0v) is 12.0. The molecule has 1 fully saturated rings. The molecular weight excluding hydrogens is 236 g/mol. The highest BCUT2D eigenvalue weighted by Gasteiger charge is 2.28. The molecule has 0 saturated carbocycles. The van der Waals surface area contributed by atoms with Crippen LogP contribution in [0.4, 0.5) is 0 Å². The van der Waals surface area contributed by atoms with E-state index in [-0.39, 0.29) is 5.41 Å². The number of imidazole rings is 1. The quantitative estimate of drug-likeness (QED) is 0.855. The van der Waals surface area contributed by atoms with Gasteiger partial charge in [-0.2, -0.15) is 0 Å². The monoisotopic (exact) mass is 258 g/mol. The molecule has 4 nitrogen and oxygen atoms in total. The van der Waals surface area contributed by atoms with E-state index >= 15 is 0 Å². The predicted octanol–water partition coefficient (Wildman–Crippen LogP) is 3.00. The van der Waals surface area contributed by atoms with Crippen molar-refractivity contribution in [3.63, 3.8) is 0 Å². The maximum Gasteiger partial charge on any atom is 0.161 e. The minimum atomic E-state index is 0.0276. The van der Waals surface area contributed by atoms with Gasteiger partial charge in [-0.15, -0.1) is 0 Å². The van der Waals surface area contributed by atoms with E-state index in [9.17, 15) is 0 Å². The molecule has 0 bridgehead atoms. The summed E-state index contributed by atoms with van der Waals surface area (Å²) < 4.78 is 2.31. The Labute approximate surface area is 114 Å². The highest BCUT2D eigenvalue weighted by molar-refractivity contribution is 5.71. The van der Waals surface area contributed by atoms with Crippen molar-refractivity contribution in [1.82, 2.24) is 19.9 Å². The van der Waals surface area contributed by atoms with Gasteiger partial charge in [0.2, 0.25) is 0 Å². The van der Waals surface area contributed by atoms with Gasteiger partial charge in [0.25, 0.3) is 0 Å². The van der Waals surface area contributed by atoms with Gasteiger partial charge in [0, 0.05) is 11.6 Å². The van der Waals surface area contributed by atoms with Gasteiger partial charge in [0.05, 0.1) is 6.17 Å². The summed E-state index contributed by atoms with van der Waals surface area (Å²) >= 11 is 0. The van der Waals surface area contributed by atoms with Crippen LogP contribution >= 0.6 is 0 Å². The molecule has 0 spiro atoms. The molecule has 0 aromatic carbocycles. The molecule has 1 aliphatic heterocycles. The van der Waals surface area contributed by atoms with E-state index in [2.05, 4.69) is 41.7 Å². The highest BCUT2D eigenvalue weighted by Crippen LogP contribution is 2.30. The van der Waals surface area contributed by atoms with Gasteiger partial charge < -0.3 is 0 Å². The smallest absolute Gasteiger partial charge is 0.161 e. The average Bonchev–Trinajstić information content (AvgIpc) is 2.79. The first-order valence-corrected chi connectivity index (χ1v) is 7.14. The second kappa shape index (κ2) is 4.60. The van der Waals surface area contributed by atoms with Crippen LogP contribution in [0, 0.1) is 0 Å². The highest BCUT2D eigenvalue weighted by atomic mass is 15.2. The van der Waals surface area contributed by atoms with Crippen LogP contribution in [0.1, 0.15) is 52.0 Å². The van der Waals surface area contributed by atoms with Crippen molar-refractivity contribution in [2.24, 2.45) is 0 Å². The largest absolute Gasteiger partial charge is 0.297 e. The number of nitrogens with zero attached hydrogens (tertiary/aromatic N) is 3. The Morgan fingerprint density at radius 3 is 2.84 bits per heavy atom. The van der Waals surface area contributed by atoms with E-state index < -0.39 is 0 Å².